The molecule has 0 bridgehead atoms. The highest BCUT2D eigenvalue weighted by atomic mass is 16.1. The SMILES string of the molecule is CC1CCCC1NC(=O)c1ccc(N)cc1. The number of rotatable bonds is 2. The van der Waals surface area contributed by atoms with Gasteiger partial charge < -0.3 is 11.1 Å². The molecular weight excluding hydrogens is 200 g/mol. The van der Waals surface area contributed by atoms with Crippen LogP contribution in [-0.4, -0.2) is 11.9 Å². The Bertz CT molecular complexity index is 372. The van der Waals surface area contributed by atoms with Gasteiger partial charge >= 0.3 is 0 Å². The lowest BCUT2D eigenvalue weighted by molar-refractivity contribution is 0.0929. The summed E-state index contributed by atoms with van der Waals surface area (Å²) in [6, 6.07) is 7.39. The molecule has 2 atom stereocenters. The summed E-state index contributed by atoms with van der Waals surface area (Å²) in [5, 5.41) is 3.08. The van der Waals surface area contributed by atoms with Gasteiger partial charge in [-0.25, -0.2) is 0 Å². The van der Waals surface area contributed by atoms with Crippen LogP contribution in [0.5, 0.6) is 0 Å². The molecule has 1 amide bonds. The summed E-state index contributed by atoms with van der Waals surface area (Å²) in [5.41, 5.74) is 6.95. The summed E-state index contributed by atoms with van der Waals surface area (Å²) in [6.07, 6.45) is 3.53. The number of nitrogen functional groups attached to an aromatic ring is 1. The molecule has 1 fully saturated rings. The smallest absolute Gasteiger partial charge is 0.251 e. The summed E-state index contributed by atoms with van der Waals surface area (Å²) in [5.74, 6) is 0.608. The van der Waals surface area contributed by atoms with Crippen LogP contribution >= 0.6 is 0 Å². The summed E-state index contributed by atoms with van der Waals surface area (Å²) < 4.78 is 0. The van der Waals surface area contributed by atoms with Gasteiger partial charge in [-0.3, -0.25) is 4.79 Å². The molecule has 3 N–H and O–H groups in total. The predicted octanol–water partition coefficient (Wildman–Crippen LogP) is 2.19. The first-order valence-electron chi connectivity index (χ1n) is 5.83. The van der Waals surface area contributed by atoms with E-state index in [1.165, 1.54) is 12.8 Å². The Labute approximate surface area is 96.0 Å². The average Bonchev–Trinajstić information content (AvgIpc) is 2.65. The molecule has 0 aromatic heterocycles. The van der Waals surface area contributed by atoms with Crippen molar-refractivity contribution in [1.82, 2.24) is 5.32 Å². The zero-order valence-corrected chi connectivity index (χ0v) is 9.57. The molecule has 1 saturated carbocycles. The quantitative estimate of drug-likeness (QED) is 0.748. The van der Waals surface area contributed by atoms with E-state index < -0.39 is 0 Å². The fourth-order valence-electron chi connectivity index (χ4n) is 2.25. The van der Waals surface area contributed by atoms with Crippen LogP contribution in [0, 0.1) is 5.92 Å². The lowest BCUT2D eigenvalue weighted by Crippen LogP contribution is -2.36. The third kappa shape index (κ3) is 2.35. The molecule has 86 valence electrons. The number of nitrogens with one attached hydrogen (secondary N) is 1. The van der Waals surface area contributed by atoms with Crippen molar-refractivity contribution >= 4 is 11.6 Å². The van der Waals surface area contributed by atoms with E-state index in [-0.39, 0.29) is 5.91 Å². The predicted molar refractivity (Wildman–Crippen MR) is 65.1 cm³/mol. The second kappa shape index (κ2) is 4.56. The van der Waals surface area contributed by atoms with Gasteiger partial charge in [-0.05, 0) is 43.0 Å². The Morgan fingerprint density at radius 1 is 1.31 bits per heavy atom. The molecule has 0 heterocycles. The second-order valence-electron chi connectivity index (χ2n) is 4.61. The van der Waals surface area contributed by atoms with E-state index in [9.17, 15) is 4.79 Å². The van der Waals surface area contributed by atoms with Crippen molar-refractivity contribution in [2.45, 2.75) is 32.2 Å². The number of benzene rings is 1. The molecular formula is C13H18N2O. The first-order chi connectivity index (χ1) is 7.66. The zero-order valence-electron chi connectivity index (χ0n) is 9.57. The maximum atomic E-state index is 11.9. The van der Waals surface area contributed by atoms with Gasteiger partial charge in [0.25, 0.3) is 5.91 Å². The van der Waals surface area contributed by atoms with E-state index in [4.69, 9.17) is 5.73 Å². The van der Waals surface area contributed by atoms with Crippen LogP contribution in [0.3, 0.4) is 0 Å². The summed E-state index contributed by atoms with van der Waals surface area (Å²) in [4.78, 5) is 11.9. The zero-order chi connectivity index (χ0) is 11.5. The van der Waals surface area contributed by atoms with Crippen molar-refractivity contribution in [1.29, 1.82) is 0 Å². The van der Waals surface area contributed by atoms with Gasteiger partial charge in [0.15, 0.2) is 0 Å². The lowest BCUT2D eigenvalue weighted by atomic mass is 10.1. The maximum Gasteiger partial charge on any atom is 0.251 e. The largest absolute Gasteiger partial charge is 0.399 e. The van der Waals surface area contributed by atoms with Gasteiger partial charge in [0.1, 0.15) is 0 Å². The normalized spacial score (nSPS) is 24.3. The Morgan fingerprint density at radius 2 is 2.00 bits per heavy atom. The van der Waals surface area contributed by atoms with E-state index in [2.05, 4.69) is 12.2 Å². The van der Waals surface area contributed by atoms with E-state index in [0.29, 0.717) is 23.2 Å². The van der Waals surface area contributed by atoms with Crippen molar-refractivity contribution in [3.8, 4) is 0 Å². The summed E-state index contributed by atoms with van der Waals surface area (Å²) >= 11 is 0. The standard InChI is InChI=1S/C13H18N2O/c1-9-3-2-4-12(9)15-13(16)10-5-7-11(14)8-6-10/h5-9,12H,2-4,14H2,1H3,(H,15,16). The molecule has 0 radical (unpaired) electrons. The van der Waals surface area contributed by atoms with Gasteiger partial charge in [0.05, 0.1) is 0 Å². The monoisotopic (exact) mass is 218 g/mol. The number of hydrogen-bond acceptors (Lipinski definition) is 2. The number of amides is 1. The molecule has 1 aliphatic carbocycles. The van der Waals surface area contributed by atoms with Gasteiger partial charge in [-0.1, -0.05) is 13.3 Å². The molecule has 0 aliphatic heterocycles. The Hall–Kier alpha value is -1.51. The Morgan fingerprint density at radius 3 is 2.56 bits per heavy atom. The highest BCUT2D eigenvalue weighted by molar-refractivity contribution is 5.94. The van der Waals surface area contributed by atoms with Crippen molar-refractivity contribution in [2.75, 3.05) is 5.73 Å². The molecule has 2 rings (SSSR count). The number of nitrogens with two attached hydrogens (primary N) is 1. The molecule has 3 nitrogen and oxygen atoms in total. The fraction of sp³-hybridized carbons (Fsp3) is 0.462. The average molecular weight is 218 g/mol. The Balaban J connectivity index is 2.00. The van der Waals surface area contributed by atoms with Crippen molar-refractivity contribution in [3.05, 3.63) is 29.8 Å². The number of carbonyl (C=O) groups excluding carboxylic acids is 1. The van der Waals surface area contributed by atoms with Crippen LogP contribution in [0.4, 0.5) is 5.69 Å². The van der Waals surface area contributed by atoms with Crippen LogP contribution in [0.1, 0.15) is 36.5 Å². The minimum absolute atomic E-state index is 0.0127. The van der Waals surface area contributed by atoms with Gasteiger partial charge in [0, 0.05) is 17.3 Å². The summed E-state index contributed by atoms with van der Waals surface area (Å²) in [7, 11) is 0. The highest BCUT2D eigenvalue weighted by Gasteiger charge is 2.24. The molecule has 0 saturated heterocycles. The molecule has 2 unspecified atom stereocenters. The van der Waals surface area contributed by atoms with Crippen molar-refractivity contribution < 1.29 is 4.79 Å². The third-order valence-electron chi connectivity index (χ3n) is 3.35. The van der Waals surface area contributed by atoms with E-state index in [0.717, 1.165) is 6.42 Å². The number of anilines is 1. The first-order valence-corrected chi connectivity index (χ1v) is 5.83. The van der Waals surface area contributed by atoms with E-state index >= 15 is 0 Å². The van der Waals surface area contributed by atoms with Crippen LogP contribution in [0.2, 0.25) is 0 Å². The van der Waals surface area contributed by atoms with Crippen molar-refractivity contribution in [3.63, 3.8) is 0 Å². The Kier molecular flexibility index (Phi) is 3.13. The molecule has 1 aromatic rings. The number of hydrogen-bond donors (Lipinski definition) is 2. The van der Waals surface area contributed by atoms with Gasteiger partial charge in [-0.15, -0.1) is 0 Å². The molecule has 16 heavy (non-hydrogen) atoms. The minimum atomic E-state index is 0.0127. The van der Waals surface area contributed by atoms with Crippen LogP contribution in [0.25, 0.3) is 0 Å². The lowest BCUT2D eigenvalue weighted by Gasteiger charge is -2.17. The van der Waals surface area contributed by atoms with Crippen LogP contribution in [0.15, 0.2) is 24.3 Å². The molecule has 0 spiro atoms. The number of carbonyl (C=O) groups is 1. The maximum absolute atomic E-state index is 11.9. The van der Waals surface area contributed by atoms with Crippen LogP contribution < -0.4 is 11.1 Å². The van der Waals surface area contributed by atoms with E-state index in [1.54, 1.807) is 24.3 Å². The molecule has 1 aromatic carbocycles. The van der Waals surface area contributed by atoms with Crippen LogP contribution in [-0.2, 0) is 0 Å². The first kappa shape index (κ1) is 11.0. The van der Waals surface area contributed by atoms with E-state index in [1.807, 2.05) is 0 Å². The van der Waals surface area contributed by atoms with Gasteiger partial charge in [-0.2, -0.15) is 0 Å². The van der Waals surface area contributed by atoms with Gasteiger partial charge in [0.2, 0.25) is 0 Å². The molecule has 3 heteroatoms. The minimum Gasteiger partial charge on any atom is -0.399 e. The molecule has 1 aliphatic rings. The van der Waals surface area contributed by atoms with Crippen molar-refractivity contribution in [2.24, 2.45) is 5.92 Å². The fourth-order valence-corrected chi connectivity index (χ4v) is 2.25. The second-order valence-corrected chi connectivity index (χ2v) is 4.61. The summed E-state index contributed by atoms with van der Waals surface area (Å²) in [6.45, 7) is 2.20. The topological polar surface area (TPSA) is 55.1 Å². The third-order valence-corrected chi connectivity index (χ3v) is 3.35. The highest BCUT2D eigenvalue weighted by Crippen LogP contribution is 2.25.